The van der Waals surface area contributed by atoms with Gasteiger partial charge < -0.3 is 10.9 Å². The molecular weight excluding hydrogens is 223 g/mol. The molecule has 0 radical (unpaired) electrons. The first kappa shape index (κ1) is 14.8. The van der Waals surface area contributed by atoms with Crippen LogP contribution in [0.4, 0.5) is 0 Å². The Bertz CT molecular complexity index is 336. The molecule has 0 atom stereocenters. The van der Waals surface area contributed by atoms with Crippen LogP contribution in [0.2, 0.25) is 0 Å². The van der Waals surface area contributed by atoms with E-state index in [-0.39, 0.29) is 52.8 Å². The van der Waals surface area contributed by atoms with Gasteiger partial charge in [0.1, 0.15) is 0 Å². The molecule has 0 aromatic heterocycles. The average molecular weight is 234 g/mol. The van der Waals surface area contributed by atoms with Crippen molar-refractivity contribution in [2.45, 2.75) is 0 Å². The van der Waals surface area contributed by atoms with Gasteiger partial charge in [-0.15, -0.1) is 0 Å². The molecular formula is C10H11KO4. The number of ether oxygens (including phenoxy) is 2. The molecule has 76 valence electrons. The van der Waals surface area contributed by atoms with E-state index in [1.807, 2.05) is 0 Å². The van der Waals surface area contributed by atoms with Gasteiger partial charge in [0.15, 0.2) is 0 Å². The predicted octanol–water partition coefficient (Wildman–Crippen LogP) is -1.62. The Labute approximate surface area is 132 Å². The third-order valence-electron chi connectivity index (χ3n) is 1.70. The molecule has 0 saturated carbocycles. The number of hydrogen-bond donors (Lipinski definition) is 0. The van der Waals surface area contributed by atoms with Crippen LogP contribution < -0.4 is 51.4 Å². The van der Waals surface area contributed by atoms with Crippen molar-refractivity contribution < 1.29 is 71.9 Å². The van der Waals surface area contributed by atoms with Gasteiger partial charge in [0.2, 0.25) is 0 Å². The van der Waals surface area contributed by atoms with Crippen molar-refractivity contribution in [2.24, 2.45) is 0 Å². The zero-order valence-corrected chi connectivity index (χ0v) is 12.1. The van der Waals surface area contributed by atoms with E-state index in [0.29, 0.717) is 11.1 Å². The van der Waals surface area contributed by atoms with E-state index in [0.717, 1.165) is 0 Å². The van der Waals surface area contributed by atoms with Gasteiger partial charge in [-0.2, -0.15) is 0 Å². The van der Waals surface area contributed by atoms with Gasteiger partial charge in [-0.1, -0.05) is 6.07 Å². The fourth-order valence-electron chi connectivity index (χ4n) is 1.01. The summed E-state index contributed by atoms with van der Waals surface area (Å²) in [6, 6.07) is 6.16. The summed E-state index contributed by atoms with van der Waals surface area (Å²) in [7, 11) is 2.57. The SMILES string of the molecule is COC(=O)c1cccc(C(=O)OC)c1.[H-].[K+]. The van der Waals surface area contributed by atoms with Crippen molar-refractivity contribution in [1.82, 2.24) is 0 Å². The molecule has 5 heteroatoms. The zero-order chi connectivity index (χ0) is 10.6. The number of rotatable bonds is 2. The van der Waals surface area contributed by atoms with Crippen molar-refractivity contribution in [3.05, 3.63) is 35.4 Å². The topological polar surface area (TPSA) is 52.6 Å². The standard InChI is InChI=1S/C10H10O4.K.H/c1-13-9(11)7-4-3-5-8(6-7)10(12)14-2;;/h3-6H,1-2H3;;/q;+1;-1. The summed E-state index contributed by atoms with van der Waals surface area (Å²) in [5.74, 6) is -0.952. The molecule has 0 amide bonds. The van der Waals surface area contributed by atoms with E-state index in [1.165, 1.54) is 20.3 Å². The summed E-state index contributed by atoms with van der Waals surface area (Å²) < 4.78 is 9.03. The largest absolute Gasteiger partial charge is 1.00 e. The smallest absolute Gasteiger partial charge is 1.00 e. The predicted molar refractivity (Wildman–Crippen MR) is 50.2 cm³/mol. The number of hydrogen-bond acceptors (Lipinski definition) is 4. The molecule has 0 fully saturated rings. The minimum Gasteiger partial charge on any atom is -1.00 e. The first-order chi connectivity index (χ1) is 6.69. The summed E-state index contributed by atoms with van der Waals surface area (Å²) in [5, 5.41) is 0. The maximum atomic E-state index is 11.1. The van der Waals surface area contributed by atoms with E-state index in [9.17, 15) is 9.59 Å². The molecule has 0 aliphatic carbocycles. The second kappa shape index (κ2) is 7.13. The zero-order valence-electron chi connectivity index (χ0n) is 9.94. The maximum absolute atomic E-state index is 11.1. The average Bonchev–Trinajstić information content (AvgIpc) is 2.27. The minimum absolute atomic E-state index is 0. The summed E-state index contributed by atoms with van der Waals surface area (Å²) in [6.45, 7) is 0. The van der Waals surface area contributed by atoms with Gasteiger partial charge in [-0.05, 0) is 18.2 Å². The summed E-state index contributed by atoms with van der Waals surface area (Å²) in [6.07, 6.45) is 0. The van der Waals surface area contributed by atoms with E-state index in [1.54, 1.807) is 18.2 Å². The Kier molecular flexibility index (Phi) is 7.04. The molecule has 0 heterocycles. The first-order valence-corrected chi connectivity index (χ1v) is 3.95. The van der Waals surface area contributed by atoms with Crippen LogP contribution >= 0.6 is 0 Å². The van der Waals surface area contributed by atoms with Crippen LogP contribution in [0.15, 0.2) is 24.3 Å². The Balaban J connectivity index is 0. The molecule has 4 nitrogen and oxygen atoms in total. The molecule has 15 heavy (non-hydrogen) atoms. The van der Waals surface area contributed by atoms with E-state index < -0.39 is 11.9 Å². The third kappa shape index (κ3) is 4.04. The molecule has 0 unspecified atom stereocenters. The Morgan fingerprint density at radius 3 is 1.80 bits per heavy atom. The molecule has 0 saturated heterocycles. The Morgan fingerprint density at radius 2 is 1.47 bits per heavy atom. The van der Waals surface area contributed by atoms with E-state index in [2.05, 4.69) is 9.47 Å². The molecule has 1 aromatic carbocycles. The van der Waals surface area contributed by atoms with E-state index in [4.69, 9.17) is 0 Å². The van der Waals surface area contributed by atoms with Crippen LogP contribution in [-0.2, 0) is 9.47 Å². The van der Waals surface area contributed by atoms with Crippen molar-refractivity contribution >= 4 is 11.9 Å². The summed E-state index contributed by atoms with van der Waals surface area (Å²) in [4.78, 5) is 22.2. The van der Waals surface area contributed by atoms with Crippen LogP contribution in [0, 0.1) is 0 Å². The van der Waals surface area contributed by atoms with Gasteiger partial charge in [-0.3, -0.25) is 0 Å². The second-order valence-corrected chi connectivity index (χ2v) is 2.56. The van der Waals surface area contributed by atoms with Gasteiger partial charge in [0.05, 0.1) is 25.3 Å². The number of methoxy groups -OCH3 is 2. The van der Waals surface area contributed by atoms with Crippen molar-refractivity contribution in [3.63, 3.8) is 0 Å². The maximum Gasteiger partial charge on any atom is 1.00 e. The molecule has 1 rings (SSSR count). The molecule has 0 aliphatic heterocycles. The van der Waals surface area contributed by atoms with Crippen LogP contribution in [0.5, 0.6) is 0 Å². The molecule has 0 aliphatic rings. The monoisotopic (exact) mass is 234 g/mol. The van der Waals surface area contributed by atoms with Crippen LogP contribution in [0.3, 0.4) is 0 Å². The van der Waals surface area contributed by atoms with Gasteiger partial charge >= 0.3 is 63.3 Å². The normalized spacial score (nSPS) is 8.67. The van der Waals surface area contributed by atoms with Crippen LogP contribution in [-0.4, -0.2) is 26.2 Å². The number of carbonyl (C=O) groups is 2. The quantitative estimate of drug-likeness (QED) is 0.456. The number of carbonyl (C=O) groups excluding carboxylic acids is 2. The summed E-state index contributed by atoms with van der Waals surface area (Å²) >= 11 is 0. The molecule has 1 aromatic rings. The van der Waals surface area contributed by atoms with E-state index >= 15 is 0 Å². The minimum atomic E-state index is -0.476. The third-order valence-corrected chi connectivity index (χ3v) is 1.70. The fraction of sp³-hybridized carbons (Fsp3) is 0.200. The first-order valence-electron chi connectivity index (χ1n) is 3.95. The van der Waals surface area contributed by atoms with Crippen molar-refractivity contribution in [3.8, 4) is 0 Å². The van der Waals surface area contributed by atoms with Gasteiger partial charge in [-0.25, -0.2) is 9.59 Å². The molecule has 0 N–H and O–H groups in total. The van der Waals surface area contributed by atoms with Gasteiger partial charge in [0.25, 0.3) is 0 Å². The number of benzene rings is 1. The van der Waals surface area contributed by atoms with Crippen LogP contribution in [0.1, 0.15) is 22.1 Å². The second-order valence-electron chi connectivity index (χ2n) is 2.56. The number of esters is 2. The van der Waals surface area contributed by atoms with Gasteiger partial charge in [0, 0.05) is 0 Å². The van der Waals surface area contributed by atoms with Crippen LogP contribution in [0.25, 0.3) is 0 Å². The van der Waals surface area contributed by atoms with Crippen molar-refractivity contribution in [1.29, 1.82) is 0 Å². The Morgan fingerprint density at radius 1 is 1.07 bits per heavy atom. The molecule has 0 spiro atoms. The molecule has 0 bridgehead atoms. The summed E-state index contributed by atoms with van der Waals surface area (Å²) in [5.41, 5.74) is 0.658. The van der Waals surface area contributed by atoms with Crippen molar-refractivity contribution in [2.75, 3.05) is 14.2 Å². The fourth-order valence-corrected chi connectivity index (χ4v) is 1.01. The Hall–Kier alpha value is -0.204.